The second kappa shape index (κ2) is 4.81. The number of nitrogen functional groups attached to an aromatic ring is 1. The molecule has 2 aromatic rings. The lowest BCUT2D eigenvalue weighted by Gasteiger charge is -2.05. The predicted octanol–water partition coefficient (Wildman–Crippen LogP) is 2.29. The zero-order valence-corrected chi connectivity index (χ0v) is 9.19. The van der Waals surface area contributed by atoms with Gasteiger partial charge >= 0.3 is 0 Å². The van der Waals surface area contributed by atoms with Gasteiger partial charge in [-0.15, -0.1) is 0 Å². The smallest absolute Gasteiger partial charge is 0.223 e. The molecule has 0 saturated heterocycles. The van der Waals surface area contributed by atoms with Crippen LogP contribution in [0.4, 0.5) is 5.95 Å². The van der Waals surface area contributed by atoms with Crippen molar-refractivity contribution in [2.45, 2.75) is 6.61 Å². The molecule has 4 nitrogen and oxygen atoms in total. The molecule has 0 unspecified atom stereocenters. The van der Waals surface area contributed by atoms with E-state index in [9.17, 15) is 0 Å². The van der Waals surface area contributed by atoms with Crippen LogP contribution < -0.4 is 10.5 Å². The van der Waals surface area contributed by atoms with E-state index in [1.54, 1.807) is 12.3 Å². The molecule has 0 atom stereocenters. The van der Waals surface area contributed by atoms with Gasteiger partial charge in [0.15, 0.2) is 0 Å². The first-order valence-corrected chi connectivity index (χ1v) is 5.07. The van der Waals surface area contributed by atoms with Gasteiger partial charge in [0.1, 0.15) is 6.61 Å². The van der Waals surface area contributed by atoms with Crippen molar-refractivity contribution in [3.05, 3.63) is 47.1 Å². The second-order valence-corrected chi connectivity index (χ2v) is 3.61. The molecular weight excluding hydrogens is 226 g/mol. The summed E-state index contributed by atoms with van der Waals surface area (Å²) >= 11 is 5.85. The van der Waals surface area contributed by atoms with Crippen LogP contribution in [0.3, 0.4) is 0 Å². The molecule has 1 aromatic carbocycles. The lowest BCUT2D eigenvalue weighted by atomic mass is 10.2. The number of nitrogens with two attached hydrogens (primary N) is 1. The molecule has 1 heterocycles. The van der Waals surface area contributed by atoms with E-state index in [0.29, 0.717) is 17.5 Å². The first-order chi connectivity index (χ1) is 7.74. The van der Waals surface area contributed by atoms with Crippen LogP contribution in [0.15, 0.2) is 36.5 Å². The van der Waals surface area contributed by atoms with Crippen molar-refractivity contribution in [3.63, 3.8) is 0 Å². The van der Waals surface area contributed by atoms with Crippen molar-refractivity contribution in [1.82, 2.24) is 9.97 Å². The monoisotopic (exact) mass is 235 g/mol. The van der Waals surface area contributed by atoms with Crippen molar-refractivity contribution in [1.29, 1.82) is 0 Å². The largest absolute Gasteiger partial charge is 0.473 e. The van der Waals surface area contributed by atoms with Crippen molar-refractivity contribution in [2.75, 3.05) is 5.73 Å². The molecule has 0 bridgehead atoms. The van der Waals surface area contributed by atoms with Crippen LogP contribution in [0.1, 0.15) is 5.56 Å². The van der Waals surface area contributed by atoms with Gasteiger partial charge in [-0.05, 0) is 17.7 Å². The molecule has 16 heavy (non-hydrogen) atoms. The van der Waals surface area contributed by atoms with Crippen LogP contribution in [0, 0.1) is 0 Å². The van der Waals surface area contributed by atoms with E-state index in [4.69, 9.17) is 22.1 Å². The molecule has 0 saturated carbocycles. The Morgan fingerprint density at radius 3 is 2.94 bits per heavy atom. The maximum Gasteiger partial charge on any atom is 0.223 e. The summed E-state index contributed by atoms with van der Waals surface area (Å²) in [6.07, 6.45) is 1.55. The second-order valence-electron chi connectivity index (χ2n) is 3.17. The highest BCUT2D eigenvalue weighted by atomic mass is 35.5. The van der Waals surface area contributed by atoms with Gasteiger partial charge in [-0.25, -0.2) is 4.98 Å². The van der Waals surface area contributed by atoms with Crippen LogP contribution in [0.2, 0.25) is 5.02 Å². The normalized spacial score (nSPS) is 10.1. The van der Waals surface area contributed by atoms with Gasteiger partial charge in [0.2, 0.25) is 11.8 Å². The van der Waals surface area contributed by atoms with Gasteiger partial charge in [-0.2, -0.15) is 4.98 Å². The van der Waals surface area contributed by atoms with Crippen molar-refractivity contribution in [2.24, 2.45) is 0 Å². The Bertz CT molecular complexity index is 445. The van der Waals surface area contributed by atoms with Crippen molar-refractivity contribution in [3.8, 4) is 5.88 Å². The number of hydrogen-bond donors (Lipinski definition) is 1. The van der Waals surface area contributed by atoms with E-state index >= 15 is 0 Å². The van der Waals surface area contributed by atoms with Crippen LogP contribution in [-0.4, -0.2) is 9.97 Å². The molecule has 0 radical (unpaired) electrons. The number of hydrogen-bond acceptors (Lipinski definition) is 4. The predicted molar refractivity (Wildman–Crippen MR) is 62.2 cm³/mol. The fraction of sp³-hybridized carbons (Fsp3) is 0.0909. The highest BCUT2D eigenvalue weighted by Crippen LogP contribution is 2.13. The Morgan fingerprint density at radius 2 is 2.19 bits per heavy atom. The molecule has 0 amide bonds. The standard InChI is InChI=1S/C11H10ClN3O/c12-9-3-1-2-8(6-9)7-16-10-4-5-14-11(13)15-10/h1-6H,7H2,(H2,13,14,15). The number of aromatic nitrogens is 2. The summed E-state index contributed by atoms with van der Waals surface area (Å²) in [4.78, 5) is 7.70. The van der Waals surface area contributed by atoms with Gasteiger partial charge in [0.25, 0.3) is 0 Å². The minimum Gasteiger partial charge on any atom is -0.473 e. The minimum atomic E-state index is 0.198. The van der Waals surface area contributed by atoms with E-state index in [1.165, 1.54) is 0 Å². The SMILES string of the molecule is Nc1nccc(OCc2cccc(Cl)c2)n1. The number of ether oxygens (including phenoxy) is 1. The first kappa shape index (κ1) is 10.7. The van der Waals surface area contributed by atoms with E-state index in [0.717, 1.165) is 5.56 Å². The third kappa shape index (κ3) is 2.84. The summed E-state index contributed by atoms with van der Waals surface area (Å²) in [6.45, 7) is 0.400. The molecular formula is C11H10ClN3O. The van der Waals surface area contributed by atoms with E-state index in [-0.39, 0.29) is 5.95 Å². The summed E-state index contributed by atoms with van der Waals surface area (Å²) < 4.78 is 5.44. The molecule has 0 fully saturated rings. The molecule has 82 valence electrons. The highest BCUT2D eigenvalue weighted by molar-refractivity contribution is 6.30. The number of nitrogens with zero attached hydrogens (tertiary/aromatic N) is 2. The van der Waals surface area contributed by atoms with Gasteiger partial charge in [-0.3, -0.25) is 0 Å². The molecule has 0 spiro atoms. The lowest BCUT2D eigenvalue weighted by molar-refractivity contribution is 0.294. The summed E-state index contributed by atoms with van der Waals surface area (Å²) in [5.74, 6) is 0.649. The number of benzene rings is 1. The maximum absolute atomic E-state index is 5.85. The van der Waals surface area contributed by atoms with Gasteiger partial charge in [-0.1, -0.05) is 23.7 Å². The average Bonchev–Trinajstić information content (AvgIpc) is 2.27. The number of rotatable bonds is 3. The Kier molecular flexibility index (Phi) is 3.22. The van der Waals surface area contributed by atoms with Crippen molar-refractivity contribution < 1.29 is 4.74 Å². The Morgan fingerprint density at radius 1 is 1.31 bits per heavy atom. The molecule has 2 rings (SSSR count). The maximum atomic E-state index is 5.85. The summed E-state index contributed by atoms with van der Waals surface area (Å²) in [5, 5.41) is 0.684. The fourth-order valence-electron chi connectivity index (χ4n) is 1.22. The van der Waals surface area contributed by atoms with E-state index < -0.39 is 0 Å². The quantitative estimate of drug-likeness (QED) is 0.887. The average molecular weight is 236 g/mol. The first-order valence-electron chi connectivity index (χ1n) is 4.70. The van der Waals surface area contributed by atoms with Gasteiger partial charge in [0, 0.05) is 17.3 Å². The summed E-state index contributed by atoms with van der Waals surface area (Å²) in [6, 6.07) is 9.10. The summed E-state index contributed by atoms with van der Waals surface area (Å²) in [5.41, 5.74) is 6.40. The molecule has 1 aromatic heterocycles. The molecule has 0 aliphatic rings. The third-order valence-electron chi connectivity index (χ3n) is 1.92. The van der Waals surface area contributed by atoms with Crippen LogP contribution in [0.5, 0.6) is 5.88 Å². The summed E-state index contributed by atoms with van der Waals surface area (Å²) in [7, 11) is 0. The Labute approximate surface area is 98.0 Å². The Hall–Kier alpha value is -1.81. The van der Waals surface area contributed by atoms with E-state index in [2.05, 4.69) is 9.97 Å². The fourth-order valence-corrected chi connectivity index (χ4v) is 1.43. The third-order valence-corrected chi connectivity index (χ3v) is 2.16. The molecule has 0 aliphatic carbocycles. The van der Waals surface area contributed by atoms with Crippen LogP contribution in [0.25, 0.3) is 0 Å². The minimum absolute atomic E-state index is 0.198. The molecule has 5 heteroatoms. The lowest BCUT2D eigenvalue weighted by Crippen LogP contribution is -2.00. The zero-order valence-electron chi connectivity index (χ0n) is 8.43. The van der Waals surface area contributed by atoms with Crippen molar-refractivity contribution >= 4 is 17.5 Å². The van der Waals surface area contributed by atoms with Crippen LogP contribution >= 0.6 is 11.6 Å². The van der Waals surface area contributed by atoms with Gasteiger partial charge < -0.3 is 10.5 Å². The topological polar surface area (TPSA) is 61.0 Å². The molecule has 0 aliphatic heterocycles. The highest BCUT2D eigenvalue weighted by Gasteiger charge is 1.98. The van der Waals surface area contributed by atoms with E-state index in [1.807, 2.05) is 24.3 Å². The Balaban J connectivity index is 2.02. The van der Waals surface area contributed by atoms with Crippen LogP contribution in [-0.2, 0) is 6.61 Å². The molecule has 2 N–H and O–H groups in total. The number of halogens is 1. The van der Waals surface area contributed by atoms with Gasteiger partial charge in [0.05, 0.1) is 0 Å². The number of anilines is 1. The zero-order chi connectivity index (χ0) is 11.4.